The van der Waals surface area contributed by atoms with Crippen molar-refractivity contribution in [1.82, 2.24) is 20.2 Å². The van der Waals surface area contributed by atoms with Crippen LogP contribution in [0.2, 0.25) is 0 Å². The van der Waals surface area contributed by atoms with Gasteiger partial charge in [0, 0.05) is 24.0 Å². The molecule has 0 saturated heterocycles. The van der Waals surface area contributed by atoms with Crippen molar-refractivity contribution in [1.29, 1.82) is 0 Å². The van der Waals surface area contributed by atoms with E-state index in [9.17, 15) is 13.2 Å². The van der Waals surface area contributed by atoms with Crippen LogP contribution in [-0.2, 0) is 6.61 Å². The fourth-order valence-electron chi connectivity index (χ4n) is 2.43. The van der Waals surface area contributed by atoms with Gasteiger partial charge in [-0.1, -0.05) is 0 Å². The third-order valence-corrected chi connectivity index (χ3v) is 3.78. The first-order valence-electron chi connectivity index (χ1n) is 7.83. The smallest absolute Gasteiger partial charge is 0.314 e. The fraction of sp³-hybridized carbons (Fsp3) is 0.111. The van der Waals surface area contributed by atoms with E-state index in [2.05, 4.69) is 20.2 Å². The Morgan fingerprint density at radius 1 is 1.04 bits per heavy atom. The summed E-state index contributed by atoms with van der Waals surface area (Å²) in [6.45, 7) is -0.102. The van der Waals surface area contributed by atoms with E-state index in [1.807, 2.05) is 18.2 Å². The maximum Gasteiger partial charge on any atom is 0.314 e. The molecule has 0 amide bonds. The molecule has 0 unspecified atom stereocenters. The van der Waals surface area contributed by atoms with Crippen LogP contribution in [0.1, 0.15) is 18.0 Å². The second-order valence-corrected chi connectivity index (χ2v) is 5.57. The predicted octanol–water partition coefficient (Wildman–Crippen LogP) is 4.34. The zero-order valence-electron chi connectivity index (χ0n) is 13.6. The predicted molar refractivity (Wildman–Crippen MR) is 88.5 cm³/mol. The first kappa shape index (κ1) is 17.0. The van der Waals surface area contributed by atoms with E-state index in [1.165, 1.54) is 6.20 Å². The number of hydrogen-bond donors (Lipinski definition) is 0. The van der Waals surface area contributed by atoms with Crippen molar-refractivity contribution in [3.8, 4) is 17.2 Å². The Kier molecular flexibility index (Phi) is 4.41. The van der Waals surface area contributed by atoms with Gasteiger partial charge in [-0.2, -0.15) is 8.78 Å². The number of hydrogen-bond acceptors (Lipinski definition) is 6. The van der Waals surface area contributed by atoms with E-state index < -0.39 is 18.1 Å². The van der Waals surface area contributed by atoms with Gasteiger partial charge in [-0.25, -0.2) is 4.39 Å². The third kappa shape index (κ3) is 3.57. The monoisotopic (exact) mass is 372 g/mol. The first-order valence-corrected chi connectivity index (χ1v) is 7.83. The van der Waals surface area contributed by atoms with Gasteiger partial charge in [-0.15, -0.1) is 10.2 Å². The molecule has 4 rings (SSSR count). The lowest BCUT2D eigenvalue weighted by molar-refractivity contribution is 0.116. The van der Waals surface area contributed by atoms with Gasteiger partial charge in [0.05, 0.1) is 5.56 Å². The van der Waals surface area contributed by atoms with E-state index in [1.54, 1.807) is 18.5 Å². The van der Waals surface area contributed by atoms with Crippen LogP contribution in [0.15, 0.2) is 53.3 Å². The van der Waals surface area contributed by atoms with Crippen LogP contribution in [0.5, 0.6) is 5.75 Å². The van der Waals surface area contributed by atoms with Crippen LogP contribution < -0.4 is 4.74 Å². The lowest BCUT2D eigenvalue weighted by Crippen LogP contribution is -2.02. The number of halogens is 3. The van der Waals surface area contributed by atoms with E-state index in [0.29, 0.717) is 5.75 Å². The molecule has 0 aliphatic heterocycles. The van der Waals surface area contributed by atoms with Crippen LogP contribution in [0.25, 0.3) is 22.2 Å². The molecule has 4 aromatic rings. The Bertz CT molecular complexity index is 1100. The summed E-state index contributed by atoms with van der Waals surface area (Å²) in [5.74, 6) is -1.18. The number of nitrogens with zero attached hydrogens (tertiary/aromatic N) is 4. The van der Waals surface area contributed by atoms with E-state index in [4.69, 9.17) is 9.15 Å². The van der Waals surface area contributed by atoms with Gasteiger partial charge in [0.25, 0.3) is 5.89 Å². The van der Waals surface area contributed by atoms with E-state index >= 15 is 0 Å². The quantitative estimate of drug-likeness (QED) is 0.519. The molecule has 27 heavy (non-hydrogen) atoms. The molecule has 3 heterocycles. The Morgan fingerprint density at radius 3 is 2.70 bits per heavy atom. The number of benzene rings is 1. The standard InChI is InChI=1S/C18H11F3N4O2/c19-14-6-12(17-24-25-18(27-17)16(20)21)8-23-15(14)9-26-13-2-1-11-7-22-4-3-10(11)5-13/h1-8,16H,9H2. The molecule has 0 aliphatic rings. The lowest BCUT2D eigenvalue weighted by atomic mass is 10.2. The topological polar surface area (TPSA) is 73.9 Å². The molecular weight excluding hydrogens is 361 g/mol. The van der Waals surface area contributed by atoms with Gasteiger partial charge in [0.2, 0.25) is 5.89 Å². The molecule has 0 aliphatic carbocycles. The molecule has 9 heteroatoms. The molecular formula is C18H11F3N4O2. The van der Waals surface area contributed by atoms with Gasteiger partial charge >= 0.3 is 6.43 Å². The Labute approximate surface area is 150 Å². The van der Waals surface area contributed by atoms with Crippen LogP contribution >= 0.6 is 0 Å². The summed E-state index contributed by atoms with van der Waals surface area (Å²) in [7, 11) is 0. The summed E-state index contributed by atoms with van der Waals surface area (Å²) in [6, 6.07) is 8.34. The Balaban J connectivity index is 1.50. The average molecular weight is 372 g/mol. The van der Waals surface area contributed by atoms with Crippen LogP contribution in [-0.4, -0.2) is 20.2 Å². The highest BCUT2D eigenvalue weighted by atomic mass is 19.3. The summed E-state index contributed by atoms with van der Waals surface area (Å²) in [5.41, 5.74) is 0.163. The van der Waals surface area contributed by atoms with Crippen LogP contribution in [0.4, 0.5) is 13.2 Å². The van der Waals surface area contributed by atoms with Crippen molar-refractivity contribution in [2.45, 2.75) is 13.0 Å². The number of alkyl halides is 2. The molecule has 0 bridgehead atoms. The molecule has 0 radical (unpaired) electrons. The molecule has 3 aromatic heterocycles. The van der Waals surface area contributed by atoms with Gasteiger partial charge in [-0.3, -0.25) is 9.97 Å². The highest BCUT2D eigenvalue weighted by Crippen LogP contribution is 2.25. The first-order chi connectivity index (χ1) is 13.1. The molecule has 0 saturated carbocycles. The van der Waals surface area contributed by atoms with Crippen molar-refractivity contribution < 1.29 is 22.3 Å². The highest BCUT2D eigenvalue weighted by molar-refractivity contribution is 5.82. The van der Waals surface area contributed by atoms with E-state index in [-0.39, 0.29) is 23.8 Å². The average Bonchev–Trinajstić information content (AvgIpc) is 3.17. The van der Waals surface area contributed by atoms with Crippen molar-refractivity contribution >= 4 is 10.8 Å². The van der Waals surface area contributed by atoms with Crippen molar-refractivity contribution in [2.75, 3.05) is 0 Å². The summed E-state index contributed by atoms with van der Waals surface area (Å²) < 4.78 is 49.6. The van der Waals surface area contributed by atoms with Gasteiger partial charge in [-0.05, 0) is 35.7 Å². The SMILES string of the molecule is Fc1cc(-c2nnc(C(F)F)o2)cnc1COc1ccc2cnccc2c1. The summed E-state index contributed by atoms with van der Waals surface area (Å²) in [6.07, 6.45) is 1.77. The Hall–Kier alpha value is -3.49. The largest absolute Gasteiger partial charge is 0.487 e. The fourth-order valence-corrected chi connectivity index (χ4v) is 2.43. The van der Waals surface area contributed by atoms with Crippen LogP contribution in [0, 0.1) is 5.82 Å². The second-order valence-electron chi connectivity index (χ2n) is 5.57. The lowest BCUT2D eigenvalue weighted by Gasteiger charge is -2.08. The molecule has 1 aromatic carbocycles. The van der Waals surface area contributed by atoms with Gasteiger partial charge in [0.1, 0.15) is 23.9 Å². The van der Waals surface area contributed by atoms with Crippen LogP contribution in [0.3, 0.4) is 0 Å². The zero-order chi connectivity index (χ0) is 18.8. The number of rotatable bonds is 5. The highest BCUT2D eigenvalue weighted by Gasteiger charge is 2.18. The van der Waals surface area contributed by atoms with Crippen molar-refractivity contribution in [2.24, 2.45) is 0 Å². The maximum atomic E-state index is 14.3. The summed E-state index contributed by atoms with van der Waals surface area (Å²) >= 11 is 0. The normalized spacial score (nSPS) is 11.3. The maximum absolute atomic E-state index is 14.3. The van der Waals surface area contributed by atoms with Gasteiger partial charge in [0.15, 0.2) is 0 Å². The summed E-state index contributed by atoms with van der Waals surface area (Å²) in [5, 5.41) is 8.56. The molecule has 0 N–H and O–H groups in total. The molecule has 6 nitrogen and oxygen atoms in total. The molecule has 0 fully saturated rings. The molecule has 0 atom stereocenters. The summed E-state index contributed by atoms with van der Waals surface area (Å²) in [4.78, 5) is 7.99. The molecule has 0 spiro atoms. The third-order valence-electron chi connectivity index (χ3n) is 3.78. The molecule has 136 valence electrons. The number of ether oxygens (including phenoxy) is 1. The minimum absolute atomic E-state index is 0.0576. The van der Waals surface area contributed by atoms with Crippen molar-refractivity contribution in [3.63, 3.8) is 0 Å². The number of pyridine rings is 2. The number of fused-ring (bicyclic) bond motifs is 1. The zero-order valence-corrected chi connectivity index (χ0v) is 13.6. The Morgan fingerprint density at radius 2 is 1.93 bits per heavy atom. The number of aromatic nitrogens is 4. The second kappa shape index (κ2) is 7.02. The van der Waals surface area contributed by atoms with Crippen molar-refractivity contribution in [3.05, 3.63) is 66.3 Å². The van der Waals surface area contributed by atoms with E-state index in [0.717, 1.165) is 16.8 Å². The van der Waals surface area contributed by atoms with Gasteiger partial charge < -0.3 is 9.15 Å². The minimum Gasteiger partial charge on any atom is -0.487 e. The minimum atomic E-state index is -2.89.